The Morgan fingerprint density at radius 2 is 2.22 bits per heavy atom. The first kappa shape index (κ1) is 6.06. The van der Waals surface area contributed by atoms with Gasteiger partial charge in [-0.1, -0.05) is 0 Å². The third-order valence-electron chi connectivity index (χ3n) is 0.603. The molecule has 1 aromatic rings. The molecule has 0 radical (unpaired) electrons. The summed E-state index contributed by atoms with van der Waals surface area (Å²) in [5.41, 5.74) is 0. The van der Waals surface area contributed by atoms with Crippen LogP contribution in [-0.2, 0) is 6.18 Å². The average molecular weight is 140 g/mol. The molecule has 0 unspecified atom stereocenters. The van der Waals surface area contributed by atoms with E-state index in [4.69, 9.17) is 0 Å². The van der Waals surface area contributed by atoms with Gasteiger partial charge in [-0.3, -0.25) is 0 Å². The standard InChI is InChI=1S/C3HF3N2O.H2/c4-3(5,6)2-8-7-1-9-2;/h1H;1H. The van der Waals surface area contributed by atoms with Crippen molar-refractivity contribution >= 4 is 0 Å². The summed E-state index contributed by atoms with van der Waals surface area (Å²) in [4.78, 5) is 0. The Hall–Kier alpha value is -1.07. The second-order valence-corrected chi connectivity index (χ2v) is 1.24. The SMILES string of the molecule is FC(F)(F)c1nnco1.[HH]. The molecule has 0 bridgehead atoms. The Labute approximate surface area is 49.0 Å². The third kappa shape index (κ3) is 1.18. The van der Waals surface area contributed by atoms with Crippen molar-refractivity contribution in [3.05, 3.63) is 12.3 Å². The predicted octanol–water partition coefficient (Wildman–Crippen LogP) is 1.33. The van der Waals surface area contributed by atoms with E-state index in [0.717, 1.165) is 0 Å². The van der Waals surface area contributed by atoms with Crippen molar-refractivity contribution in [2.24, 2.45) is 0 Å². The molecule has 9 heavy (non-hydrogen) atoms. The molecule has 1 heterocycles. The minimum absolute atomic E-state index is 0. The highest BCUT2D eigenvalue weighted by Gasteiger charge is 2.36. The summed E-state index contributed by atoms with van der Waals surface area (Å²) in [6, 6.07) is 0. The highest BCUT2D eigenvalue weighted by atomic mass is 19.4. The number of hydrogen-bond donors (Lipinski definition) is 0. The second-order valence-electron chi connectivity index (χ2n) is 1.24. The number of halogens is 3. The Kier molecular flexibility index (Phi) is 1.15. The highest BCUT2D eigenvalue weighted by Crippen LogP contribution is 2.26. The lowest BCUT2D eigenvalue weighted by atomic mass is 10.7. The first-order valence-corrected chi connectivity index (χ1v) is 1.94. The van der Waals surface area contributed by atoms with Crippen LogP contribution in [0, 0.1) is 0 Å². The zero-order valence-electron chi connectivity index (χ0n) is 4.01. The maximum atomic E-state index is 11.4. The van der Waals surface area contributed by atoms with E-state index < -0.39 is 12.1 Å². The number of nitrogens with zero attached hydrogens (tertiary/aromatic N) is 2. The molecule has 1 aromatic heterocycles. The van der Waals surface area contributed by atoms with Crippen molar-refractivity contribution in [3.8, 4) is 0 Å². The van der Waals surface area contributed by atoms with E-state index in [2.05, 4.69) is 14.6 Å². The van der Waals surface area contributed by atoms with Crippen molar-refractivity contribution in [1.82, 2.24) is 10.2 Å². The van der Waals surface area contributed by atoms with E-state index in [1.54, 1.807) is 0 Å². The van der Waals surface area contributed by atoms with E-state index >= 15 is 0 Å². The van der Waals surface area contributed by atoms with Gasteiger partial charge in [-0.25, -0.2) is 0 Å². The van der Waals surface area contributed by atoms with Crippen molar-refractivity contribution in [1.29, 1.82) is 0 Å². The molecular formula is C3H3F3N2O. The molecule has 0 spiro atoms. The Morgan fingerprint density at radius 3 is 2.44 bits per heavy atom. The van der Waals surface area contributed by atoms with Crippen LogP contribution in [0.3, 0.4) is 0 Å². The lowest BCUT2D eigenvalue weighted by Crippen LogP contribution is -2.04. The van der Waals surface area contributed by atoms with Crippen LogP contribution in [0.1, 0.15) is 7.32 Å². The van der Waals surface area contributed by atoms with Gasteiger partial charge in [0.25, 0.3) is 0 Å². The third-order valence-corrected chi connectivity index (χ3v) is 0.603. The summed E-state index contributed by atoms with van der Waals surface area (Å²) in [6.45, 7) is 0. The summed E-state index contributed by atoms with van der Waals surface area (Å²) in [7, 11) is 0. The first-order valence-electron chi connectivity index (χ1n) is 1.94. The molecule has 0 aliphatic rings. The quantitative estimate of drug-likeness (QED) is 0.545. The van der Waals surface area contributed by atoms with Crippen LogP contribution in [-0.4, -0.2) is 10.2 Å². The number of aromatic nitrogens is 2. The van der Waals surface area contributed by atoms with Crippen LogP contribution >= 0.6 is 0 Å². The second kappa shape index (κ2) is 1.71. The lowest BCUT2D eigenvalue weighted by molar-refractivity contribution is -0.157. The smallest absolute Gasteiger partial charge is 0.420 e. The van der Waals surface area contributed by atoms with Gasteiger partial charge in [0.05, 0.1) is 0 Å². The van der Waals surface area contributed by atoms with Crippen LogP contribution < -0.4 is 0 Å². The van der Waals surface area contributed by atoms with Gasteiger partial charge < -0.3 is 4.42 Å². The molecule has 0 atom stereocenters. The maximum Gasteiger partial charge on any atom is 0.470 e. The fourth-order valence-corrected chi connectivity index (χ4v) is 0.297. The number of alkyl halides is 3. The molecule has 3 nitrogen and oxygen atoms in total. The molecule has 0 fully saturated rings. The molecule has 0 aliphatic carbocycles. The van der Waals surface area contributed by atoms with Crippen molar-refractivity contribution in [2.75, 3.05) is 0 Å². The molecule has 6 heteroatoms. The molecule has 0 aromatic carbocycles. The highest BCUT2D eigenvalue weighted by molar-refractivity contribution is 4.78. The first-order chi connectivity index (χ1) is 4.11. The molecule has 0 N–H and O–H groups in total. The minimum Gasteiger partial charge on any atom is -0.420 e. The van der Waals surface area contributed by atoms with Gasteiger partial charge in [-0.05, 0) is 0 Å². The number of hydrogen-bond acceptors (Lipinski definition) is 3. The maximum absolute atomic E-state index is 11.4. The fourth-order valence-electron chi connectivity index (χ4n) is 0.297. The summed E-state index contributed by atoms with van der Waals surface area (Å²) in [6.07, 6.45) is -3.89. The summed E-state index contributed by atoms with van der Waals surface area (Å²) >= 11 is 0. The van der Waals surface area contributed by atoms with Crippen molar-refractivity contribution in [2.45, 2.75) is 6.18 Å². The zero-order valence-corrected chi connectivity index (χ0v) is 4.01. The molecule has 0 saturated heterocycles. The molecule has 52 valence electrons. The van der Waals surface area contributed by atoms with Crippen LogP contribution in [0.15, 0.2) is 10.8 Å². The fraction of sp³-hybridized carbons (Fsp3) is 0.333. The minimum atomic E-state index is -4.52. The van der Waals surface area contributed by atoms with Gasteiger partial charge >= 0.3 is 12.1 Å². The van der Waals surface area contributed by atoms with Crippen LogP contribution in [0.25, 0.3) is 0 Å². The largest absolute Gasteiger partial charge is 0.470 e. The normalized spacial score (nSPS) is 11.9. The van der Waals surface area contributed by atoms with Gasteiger partial charge in [0, 0.05) is 1.43 Å². The van der Waals surface area contributed by atoms with E-state index in [1.807, 2.05) is 0 Å². The Morgan fingerprint density at radius 1 is 1.56 bits per heavy atom. The zero-order chi connectivity index (χ0) is 6.91. The monoisotopic (exact) mass is 140 g/mol. The molecule has 0 saturated carbocycles. The van der Waals surface area contributed by atoms with Crippen LogP contribution in [0.4, 0.5) is 13.2 Å². The average Bonchev–Trinajstić information content (AvgIpc) is 2.08. The van der Waals surface area contributed by atoms with Crippen molar-refractivity contribution < 1.29 is 19.0 Å². The van der Waals surface area contributed by atoms with E-state index in [0.29, 0.717) is 6.39 Å². The van der Waals surface area contributed by atoms with Gasteiger partial charge in [-0.15, -0.1) is 10.2 Å². The lowest BCUT2D eigenvalue weighted by Gasteiger charge is -1.95. The molecular weight excluding hydrogens is 137 g/mol. The van der Waals surface area contributed by atoms with E-state index in [1.165, 1.54) is 0 Å². The predicted molar refractivity (Wildman–Crippen MR) is 21.4 cm³/mol. The van der Waals surface area contributed by atoms with Crippen LogP contribution in [0.5, 0.6) is 0 Å². The van der Waals surface area contributed by atoms with Gasteiger partial charge in [0.2, 0.25) is 6.39 Å². The van der Waals surface area contributed by atoms with Gasteiger partial charge in [0.1, 0.15) is 0 Å². The van der Waals surface area contributed by atoms with E-state index in [-0.39, 0.29) is 1.43 Å². The number of rotatable bonds is 0. The van der Waals surface area contributed by atoms with Gasteiger partial charge in [-0.2, -0.15) is 13.2 Å². The molecule has 0 aliphatic heterocycles. The Balaban J connectivity index is 0.000000810. The molecule has 0 amide bonds. The van der Waals surface area contributed by atoms with Crippen LogP contribution in [0.2, 0.25) is 0 Å². The molecule has 1 rings (SSSR count). The summed E-state index contributed by atoms with van der Waals surface area (Å²) in [5.74, 6) is -1.32. The van der Waals surface area contributed by atoms with Crippen molar-refractivity contribution in [3.63, 3.8) is 0 Å². The Bertz CT molecular complexity index is 184. The van der Waals surface area contributed by atoms with E-state index in [9.17, 15) is 13.2 Å². The summed E-state index contributed by atoms with van der Waals surface area (Å²) < 4.78 is 38.1. The summed E-state index contributed by atoms with van der Waals surface area (Å²) in [5, 5.41) is 5.50. The topological polar surface area (TPSA) is 38.9 Å². The van der Waals surface area contributed by atoms with Gasteiger partial charge in [0.15, 0.2) is 0 Å².